The first-order chi connectivity index (χ1) is 11.6. The molecule has 128 valence electrons. The van der Waals surface area contributed by atoms with Crippen molar-refractivity contribution in [2.45, 2.75) is 31.0 Å². The Balaban J connectivity index is 1.62. The highest BCUT2D eigenvalue weighted by Crippen LogP contribution is 2.45. The van der Waals surface area contributed by atoms with Gasteiger partial charge in [0, 0.05) is 14.2 Å². The van der Waals surface area contributed by atoms with Gasteiger partial charge in [-0.15, -0.1) is 0 Å². The molecule has 3 unspecified atom stereocenters. The number of hydrogen-bond acceptors (Lipinski definition) is 6. The lowest BCUT2D eigenvalue weighted by Gasteiger charge is -2.30. The summed E-state index contributed by atoms with van der Waals surface area (Å²) in [5.41, 5.74) is 0.00632. The molecule has 0 aromatic heterocycles. The largest absolute Gasteiger partial charge is 0.455 e. The molecule has 6 nitrogen and oxygen atoms in total. The highest BCUT2D eigenvalue weighted by atomic mass is 16.7. The molecule has 2 aliphatic rings. The molecule has 2 aliphatic heterocycles. The van der Waals surface area contributed by atoms with Crippen molar-refractivity contribution in [2.24, 2.45) is 5.92 Å². The summed E-state index contributed by atoms with van der Waals surface area (Å²) in [6.45, 7) is 0.0728. The number of methoxy groups -OCH3 is 2. The fourth-order valence-corrected chi connectivity index (χ4v) is 3.29. The Hall–Kier alpha value is -2.02. The number of carbonyl (C=O) groups is 2. The molecule has 0 aliphatic carbocycles. The van der Waals surface area contributed by atoms with Crippen molar-refractivity contribution < 1.29 is 28.5 Å². The van der Waals surface area contributed by atoms with Crippen LogP contribution in [-0.2, 0) is 35.1 Å². The van der Waals surface area contributed by atoms with Gasteiger partial charge >= 0.3 is 5.97 Å². The zero-order chi connectivity index (χ0) is 17.2. The van der Waals surface area contributed by atoms with Crippen molar-refractivity contribution in [3.63, 3.8) is 0 Å². The molecular weight excluding hydrogens is 312 g/mol. The summed E-state index contributed by atoms with van der Waals surface area (Å²) in [7, 11) is 3.02. The summed E-state index contributed by atoms with van der Waals surface area (Å²) < 4.78 is 21.5. The minimum Gasteiger partial charge on any atom is -0.455 e. The van der Waals surface area contributed by atoms with E-state index in [-0.39, 0.29) is 6.61 Å². The van der Waals surface area contributed by atoms with Gasteiger partial charge in [0.05, 0.1) is 12.0 Å². The smallest absolute Gasteiger partial charge is 0.375 e. The minimum atomic E-state index is -0.838. The predicted molar refractivity (Wildman–Crippen MR) is 83.9 cm³/mol. The summed E-state index contributed by atoms with van der Waals surface area (Å²) in [6, 6.07) is 9.23. The number of fused-ring (bicyclic) bond motifs is 2. The normalized spacial score (nSPS) is 27.6. The van der Waals surface area contributed by atoms with Crippen LogP contribution in [0.4, 0.5) is 0 Å². The minimum absolute atomic E-state index is 0.0728. The van der Waals surface area contributed by atoms with Crippen molar-refractivity contribution in [1.82, 2.24) is 0 Å². The van der Waals surface area contributed by atoms with Crippen molar-refractivity contribution in [3.8, 4) is 0 Å². The maximum Gasteiger partial charge on any atom is 0.375 e. The van der Waals surface area contributed by atoms with E-state index in [9.17, 15) is 9.59 Å². The van der Waals surface area contributed by atoms with Crippen LogP contribution in [-0.4, -0.2) is 44.0 Å². The zero-order valence-corrected chi connectivity index (χ0v) is 13.6. The first kappa shape index (κ1) is 16.8. The van der Waals surface area contributed by atoms with Crippen LogP contribution in [0.3, 0.4) is 0 Å². The van der Waals surface area contributed by atoms with Gasteiger partial charge in [0.2, 0.25) is 5.78 Å². The molecule has 0 radical (unpaired) electrons. The lowest BCUT2D eigenvalue weighted by atomic mass is 9.83. The molecule has 1 aromatic carbocycles. The second-order valence-electron chi connectivity index (χ2n) is 5.94. The molecule has 0 N–H and O–H groups in total. The van der Waals surface area contributed by atoms with Gasteiger partial charge in [0.15, 0.2) is 6.29 Å². The molecule has 1 fully saturated rings. The lowest BCUT2D eigenvalue weighted by molar-refractivity contribution is -0.199. The van der Waals surface area contributed by atoms with Crippen molar-refractivity contribution in [3.05, 3.63) is 48.0 Å². The van der Waals surface area contributed by atoms with Gasteiger partial charge in [-0.2, -0.15) is 0 Å². The second-order valence-corrected chi connectivity index (χ2v) is 5.94. The van der Waals surface area contributed by atoms with E-state index in [1.54, 1.807) is 6.08 Å². The first-order valence-electron chi connectivity index (χ1n) is 7.77. The van der Waals surface area contributed by atoms with Crippen LogP contribution in [0.1, 0.15) is 12.0 Å². The first-order valence-corrected chi connectivity index (χ1v) is 7.77. The lowest BCUT2D eigenvalue weighted by Crippen LogP contribution is -2.42. The van der Waals surface area contributed by atoms with Crippen LogP contribution in [0.15, 0.2) is 42.5 Å². The number of ether oxygens (including phenoxy) is 4. The van der Waals surface area contributed by atoms with Crippen molar-refractivity contribution in [2.75, 3.05) is 14.2 Å². The molecule has 2 heterocycles. The van der Waals surface area contributed by atoms with Gasteiger partial charge in [0.25, 0.3) is 0 Å². The maximum atomic E-state index is 12.4. The number of benzene rings is 1. The molecule has 1 saturated heterocycles. The summed E-state index contributed by atoms with van der Waals surface area (Å²) in [4.78, 5) is 24.5. The van der Waals surface area contributed by atoms with E-state index in [1.165, 1.54) is 14.2 Å². The van der Waals surface area contributed by atoms with E-state index >= 15 is 0 Å². The summed E-state index contributed by atoms with van der Waals surface area (Å²) in [5.74, 6) is -1.99. The van der Waals surface area contributed by atoms with Crippen molar-refractivity contribution in [1.29, 1.82) is 0 Å². The molecular formula is C18H20O6. The third-order valence-corrected chi connectivity index (χ3v) is 4.44. The van der Waals surface area contributed by atoms with Crippen LogP contribution >= 0.6 is 0 Å². The Morgan fingerprint density at radius 1 is 1.25 bits per heavy atom. The van der Waals surface area contributed by atoms with Gasteiger partial charge in [-0.05, 0) is 18.1 Å². The highest BCUT2D eigenvalue weighted by Gasteiger charge is 2.56. The Kier molecular flexibility index (Phi) is 4.80. The van der Waals surface area contributed by atoms with Crippen LogP contribution in [0.5, 0.6) is 0 Å². The maximum absolute atomic E-state index is 12.4. The van der Waals surface area contributed by atoms with Gasteiger partial charge in [-0.1, -0.05) is 36.4 Å². The number of rotatable bonds is 7. The van der Waals surface area contributed by atoms with E-state index in [2.05, 4.69) is 0 Å². The van der Waals surface area contributed by atoms with E-state index in [0.717, 1.165) is 5.56 Å². The van der Waals surface area contributed by atoms with Gasteiger partial charge in [-0.25, -0.2) is 4.79 Å². The van der Waals surface area contributed by atoms with E-state index in [4.69, 9.17) is 18.9 Å². The number of Topliss-reactive ketones (excluding diaryl/α,β-unsaturated/α-hetero) is 1. The van der Waals surface area contributed by atoms with E-state index in [1.807, 2.05) is 36.4 Å². The average molecular weight is 332 g/mol. The van der Waals surface area contributed by atoms with Crippen molar-refractivity contribution >= 4 is 11.8 Å². The van der Waals surface area contributed by atoms with E-state index < -0.39 is 35.7 Å². The van der Waals surface area contributed by atoms with Gasteiger partial charge in [-0.3, -0.25) is 4.79 Å². The average Bonchev–Trinajstić information content (AvgIpc) is 3.20. The number of ketones is 1. The van der Waals surface area contributed by atoms with Gasteiger partial charge < -0.3 is 18.9 Å². The summed E-state index contributed by atoms with van der Waals surface area (Å²) >= 11 is 0. The SMILES string of the molecule is COC(OC)C12C=CC(O1)C(C(=O)C(=O)OCc1ccccc1)C2. The molecule has 3 atom stereocenters. The number of esters is 1. The fraction of sp³-hybridized carbons (Fsp3) is 0.444. The molecule has 0 amide bonds. The molecule has 2 bridgehead atoms. The summed E-state index contributed by atoms with van der Waals surface area (Å²) in [6.07, 6.45) is 2.88. The Bertz CT molecular complexity index is 636. The van der Waals surface area contributed by atoms with Crippen LogP contribution in [0.25, 0.3) is 0 Å². The third kappa shape index (κ3) is 3.00. The Morgan fingerprint density at radius 2 is 1.96 bits per heavy atom. The Labute approximate surface area is 140 Å². The molecule has 0 saturated carbocycles. The topological polar surface area (TPSA) is 71.1 Å². The van der Waals surface area contributed by atoms with Gasteiger partial charge in [0.1, 0.15) is 12.2 Å². The third-order valence-electron chi connectivity index (χ3n) is 4.44. The Morgan fingerprint density at radius 3 is 2.62 bits per heavy atom. The zero-order valence-electron chi connectivity index (χ0n) is 13.6. The van der Waals surface area contributed by atoms with Crippen LogP contribution < -0.4 is 0 Å². The monoisotopic (exact) mass is 332 g/mol. The molecule has 6 heteroatoms. The second kappa shape index (κ2) is 6.84. The fourth-order valence-electron chi connectivity index (χ4n) is 3.29. The molecule has 1 aromatic rings. The predicted octanol–water partition coefficient (Wildman–Crippen LogP) is 1.63. The molecule has 0 spiro atoms. The molecule has 3 rings (SSSR count). The van der Waals surface area contributed by atoms with Crippen LogP contribution in [0.2, 0.25) is 0 Å². The number of hydrogen-bond donors (Lipinski definition) is 0. The highest BCUT2D eigenvalue weighted by molar-refractivity contribution is 6.34. The molecule has 24 heavy (non-hydrogen) atoms. The number of carbonyl (C=O) groups excluding carboxylic acids is 2. The quantitative estimate of drug-likeness (QED) is 0.327. The standard InChI is InChI=1S/C18H20O6/c1-21-17(22-2)18-9-8-14(24-18)13(10-18)15(19)16(20)23-11-12-6-4-3-5-7-12/h3-9,13-14,17H,10-11H2,1-2H3. The van der Waals surface area contributed by atoms with Crippen LogP contribution in [0, 0.1) is 5.92 Å². The summed E-state index contributed by atoms with van der Waals surface area (Å²) in [5, 5.41) is 0. The van der Waals surface area contributed by atoms with E-state index in [0.29, 0.717) is 6.42 Å².